The number of hydrogen-bond acceptors (Lipinski definition) is 3. The first-order chi connectivity index (χ1) is 9.67. The highest BCUT2D eigenvalue weighted by Crippen LogP contribution is 2.29. The second kappa shape index (κ2) is 6.99. The molecule has 1 fully saturated rings. The Labute approximate surface area is 124 Å². The summed E-state index contributed by atoms with van der Waals surface area (Å²) in [6.07, 6.45) is 5.89. The van der Waals surface area contributed by atoms with Gasteiger partial charge in [0.1, 0.15) is 0 Å². The molecular weight excluding hydrogens is 272 g/mol. The first-order valence-corrected chi connectivity index (χ1v) is 8.35. The van der Waals surface area contributed by atoms with Gasteiger partial charge >= 0.3 is 6.03 Å². The number of carbonyl (C=O) groups is 1. The van der Waals surface area contributed by atoms with Crippen LogP contribution in [0.2, 0.25) is 0 Å². The summed E-state index contributed by atoms with van der Waals surface area (Å²) in [6.45, 7) is 0.00702. The molecule has 110 valence electrons. The maximum atomic E-state index is 12.0. The average Bonchev–Trinajstić information content (AvgIpc) is 2.90. The molecule has 0 aromatic heterocycles. The van der Waals surface area contributed by atoms with E-state index in [9.17, 15) is 9.90 Å². The number of aliphatic hydroxyl groups is 1. The summed E-state index contributed by atoms with van der Waals surface area (Å²) < 4.78 is 0. The van der Waals surface area contributed by atoms with Crippen LogP contribution in [-0.4, -0.2) is 29.5 Å². The number of rotatable bonds is 5. The first-order valence-electron chi connectivity index (χ1n) is 6.95. The van der Waals surface area contributed by atoms with Crippen LogP contribution in [0.5, 0.6) is 0 Å². The molecule has 0 spiro atoms. The standard InChI is InChI=1S/C15H22N2O2S/c1-20-10-12-4-6-13(7-5-12)16-14(19)17-15(11-18)8-2-3-9-15/h4-7,18H,2-3,8-11H2,1H3,(H2,16,17,19). The molecule has 1 aliphatic rings. The Hall–Kier alpha value is -1.20. The van der Waals surface area contributed by atoms with Crippen LogP contribution in [0.15, 0.2) is 24.3 Å². The second-order valence-electron chi connectivity index (χ2n) is 5.35. The summed E-state index contributed by atoms with van der Waals surface area (Å²) >= 11 is 1.77. The van der Waals surface area contributed by atoms with Gasteiger partial charge in [-0.15, -0.1) is 0 Å². The number of thioether (sulfide) groups is 1. The van der Waals surface area contributed by atoms with Crippen LogP contribution >= 0.6 is 11.8 Å². The topological polar surface area (TPSA) is 61.4 Å². The molecule has 2 amide bonds. The molecule has 4 nitrogen and oxygen atoms in total. The van der Waals surface area contributed by atoms with Gasteiger partial charge in [-0.05, 0) is 36.8 Å². The van der Waals surface area contributed by atoms with E-state index in [0.29, 0.717) is 0 Å². The van der Waals surface area contributed by atoms with Gasteiger partial charge in [-0.25, -0.2) is 4.79 Å². The third-order valence-corrected chi connectivity index (χ3v) is 4.39. The molecule has 1 saturated carbocycles. The smallest absolute Gasteiger partial charge is 0.319 e. The van der Waals surface area contributed by atoms with E-state index in [2.05, 4.69) is 16.9 Å². The summed E-state index contributed by atoms with van der Waals surface area (Å²) in [5.41, 5.74) is 1.59. The van der Waals surface area contributed by atoms with Gasteiger partial charge in [-0.1, -0.05) is 25.0 Å². The highest BCUT2D eigenvalue weighted by atomic mass is 32.2. The van der Waals surface area contributed by atoms with E-state index >= 15 is 0 Å². The van der Waals surface area contributed by atoms with Crippen molar-refractivity contribution in [3.8, 4) is 0 Å². The number of benzene rings is 1. The number of carbonyl (C=O) groups excluding carboxylic acids is 1. The SMILES string of the molecule is CSCc1ccc(NC(=O)NC2(CO)CCCC2)cc1. The second-order valence-corrected chi connectivity index (χ2v) is 6.22. The third kappa shape index (κ3) is 3.90. The minimum atomic E-state index is -0.428. The Bertz CT molecular complexity index is 442. The molecule has 0 bridgehead atoms. The summed E-state index contributed by atoms with van der Waals surface area (Å²) in [5, 5.41) is 15.2. The normalized spacial score (nSPS) is 16.9. The quantitative estimate of drug-likeness (QED) is 0.782. The number of anilines is 1. The van der Waals surface area contributed by atoms with Crippen LogP contribution in [-0.2, 0) is 5.75 Å². The van der Waals surface area contributed by atoms with Gasteiger partial charge in [-0.3, -0.25) is 0 Å². The number of nitrogens with one attached hydrogen (secondary N) is 2. The van der Waals surface area contributed by atoms with Gasteiger partial charge in [0.25, 0.3) is 0 Å². The predicted molar refractivity (Wildman–Crippen MR) is 84.1 cm³/mol. The van der Waals surface area contributed by atoms with Crippen LogP contribution in [0.1, 0.15) is 31.2 Å². The van der Waals surface area contributed by atoms with Gasteiger partial charge in [0.05, 0.1) is 12.1 Å². The van der Waals surface area contributed by atoms with Crippen molar-refractivity contribution < 1.29 is 9.90 Å². The van der Waals surface area contributed by atoms with Gasteiger partial charge in [0.2, 0.25) is 0 Å². The average molecular weight is 294 g/mol. The molecule has 1 aromatic carbocycles. The van der Waals surface area contributed by atoms with Gasteiger partial charge in [-0.2, -0.15) is 11.8 Å². The summed E-state index contributed by atoms with van der Waals surface area (Å²) in [5.74, 6) is 0.972. The lowest BCUT2D eigenvalue weighted by molar-refractivity contribution is 0.167. The fourth-order valence-electron chi connectivity index (χ4n) is 2.63. The predicted octanol–water partition coefficient (Wildman–Crippen LogP) is 2.98. The molecule has 3 N–H and O–H groups in total. The first kappa shape index (κ1) is 15.2. The third-order valence-electron chi connectivity index (χ3n) is 3.76. The lowest BCUT2D eigenvalue weighted by Gasteiger charge is -2.27. The Balaban J connectivity index is 1.90. The zero-order valence-corrected chi connectivity index (χ0v) is 12.6. The molecule has 2 rings (SSSR count). The summed E-state index contributed by atoms with van der Waals surface area (Å²) in [7, 11) is 0. The molecule has 20 heavy (non-hydrogen) atoms. The fraction of sp³-hybridized carbons (Fsp3) is 0.533. The lowest BCUT2D eigenvalue weighted by atomic mass is 9.99. The van der Waals surface area contributed by atoms with Crippen molar-refractivity contribution in [2.75, 3.05) is 18.2 Å². The van der Waals surface area contributed by atoms with E-state index in [-0.39, 0.29) is 12.6 Å². The number of amides is 2. The van der Waals surface area contributed by atoms with E-state index in [1.807, 2.05) is 24.3 Å². The van der Waals surface area contributed by atoms with Crippen molar-refractivity contribution >= 4 is 23.5 Å². The van der Waals surface area contributed by atoms with Crippen LogP contribution in [0.25, 0.3) is 0 Å². The van der Waals surface area contributed by atoms with Gasteiger partial charge < -0.3 is 15.7 Å². The Morgan fingerprint density at radius 1 is 1.30 bits per heavy atom. The molecule has 5 heteroatoms. The number of aliphatic hydroxyl groups excluding tert-OH is 1. The zero-order valence-electron chi connectivity index (χ0n) is 11.8. The van der Waals surface area contributed by atoms with Crippen LogP contribution in [0.3, 0.4) is 0 Å². The molecule has 0 unspecified atom stereocenters. The number of urea groups is 1. The van der Waals surface area contributed by atoms with Crippen LogP contribution in [0.4, 0.5) is 10.5 Å². The Kier molecular flexibility index (Phi) is 5.31. The van der Waals surface area contributed by atoms with Gasteiger partial charge in [0, 0.05) is 11.4 Å². The lowest BCUT2D eigenvalue weighted by Crippen LogP contribution is -2.50. The molecule has 0 saturated heterocycles. The van der Waals surface area contributed by atoms with Crippen molar-refractivity contribution in [1.29, 1.82) is 0 Å². The highest BCUT2D eigenvalue weighted by Gasteiger charge is 2.34. The number of hydrogen-bond donors (Lipinski definition) is 3. The molecule has 0 heterocycles. The molecule has 0 radical (unpaired) electrons. The molecular formula is C15H22N2O2S. The van der Waals surface area contributed by atoms with E-state index in [1.165, 1.54) is 5.56 Å². The Morgan fingerprint density at radius 2 is 1.95 bits per heavy atom. The largest absolute Gasteiger partial charge is 0.394 e. The van der Waals surface area contributed by atoms with E-state index in [4.69, 9.17) is 0 Å². The summed E-state index contributed by atoms with van der Waals surface area (Å²) in [6, 6.07) is 7.61. The highest BCUT2D eigenvalue weighted by molar-refractivity contribution is 7.97. The minimum absolute atomic E-state index is 0.00702. The minimum Gasteiger partial charge on any atom is -0.394 e. The Morgan fingerprint density at radius 3 is 2.50 bits per heavy atom. The molecule has 0 atom stereocenters. The van der Waals surface area contributed by atoms with E-state index < -0.39 is 5.54 Å². The summed E-state index contributed by atoms with van der Waals surface area (Å²) in [4.78, 5) is 12.0. The zero-order chi connectivity index (χ0) is 14.4. The van der Waals surface area contributed by atoms with Crippen molar-refractivity contribution in [2.24, 2.45) is 0 Å². The van der Waals surface area contributed by atoms with E-state index in [1.54, 1.807) is 11.8 Å². The molecule has 1 aliphatic carbocycles. The van der Waals surface area contributed by atoms with Crippen LogP contribution < -0.4 is 10.6 Å². The van der Waals surface area contributed by atoms with E-state index in [0.717, 1.165) is 37.1 Å². The van der Waals surface area contributed by atoms with Crippen molar-refractivity contribution in [2.45, 2.75) is 37.0 Å². The van der Waals surface area contributed by atoms with Gasteiger partial charge in [0.15, 0.2) is 0 Å². The fourth-order valence-corrected chi connectivity index (χ4v) is 3.15. The van der Waals surface area contributed by atoms with Crippen molar-refractivity contribution in [3.05, 3.63) is 29.8 Å². The van der Waals surface area contributed by atoms with Crippen molar-refractivity contribution in [1.82, 2.24) is 5.32 Å². The maximum Gasteiger partial charge on any atom is 0.319 e. The maximum absolute atomic E-state index is 12.0. The van der Waals surface area contributed by atoms with Crippen molar-refractivity contribution in [3.63, 3.8) is 0 Å². The monoisotopic (exact) mass is 294 g/mol. The molecule has 1 aromatic rings. The molecule has 0 aliphatic heterocycles. The van der Waals surface area contributed by atoms with Crippen LogP contribution in [0, 0.1) is 0 Å².